The van der Waals surface area contributed by atoms with Gasteiger partial charge in [0.2, 0.25) is 5.91 Å². The summed E-state index contributed by atoms with van der Waals surface area (Å²) in [6.45, 7) is 9.56. The third-order valence-corrected chi connectivity index (χ3v) is 5.78. The molecule has 2 aliphatic rings. The van der Waals surface area contributed by atoms with E-state index in [4.69, 9.17) is 0 Å². The first-order valence-corrected chi connectivity index (χ1v) is 10.1. The van der Waals surface area contributed by atoms with Gasteiger partial charge in [0.05, 0.1) is 5.69 Å². The van der Waals surface area contributed by atoms with Crippen LogP contribution in [-0.2, 0) is 10.2 Å². The first-order chi connectivity index (χ1) is 12.7. The molecular weight excluding hydrogens is 350 g/mol. The summed E-state index contributed by atoms with van der Waals surface area (Å²) in [6.07, 6.45) is 1.18. The lowest BCUT2D eigenvalue weighted by Gasteiger charge is -2.41. The van der Waals surface area contributed by atoms with Crippen molar-refractivity contribution in [2.24, 2.45) is 5.92 Å². The Morgan fingerprint density at radius 2 is 2.15 bits per heavy atom. The molecule has 1 unspecified atom stereocenters. The number of carbonyl (C=O) groups excluding carboxylic acids is 1. The second-order valence-corrected chi connectivity index (χ2v) is 8.99. The molecule has 0 saturated carbocycles. The molecule has 0 bridgehead atoms. The van der Waals surface area contributed by atoms with Gasteiger partial charge in [0.25, 0.3) is 6.43 Å². The van der Waals surface area contributed by atoms with Gasteiger partial charge >= 0.3 is 0 Å². The minimum Gasteiger partial charge on any atom is -0.367 e. The minimum atomic E-state index is -2.46. The summed E-state index contributed by atoms with van der Waals surface area (Å²) >= 11 is 0. The molecule has 1 N–H and O–H groups in total. The SMILES string of the molecule is CCCC(=O)N1CCCC([C@@H]2C[C@H](C(F)F)n3nc(C(C)(C)C)cc3N2)C1. The van der Waals surface area contributed by atoms with Crippen molar-refractivity contribution >= 4 is 11.7 Å². The smallest absolute Gasteiger partial charge is 0.260 e. The second kappa shape index (κ2) is 7.76. The molecule has 3 atom stereocenters. The Bertz CT molecular complexity index is 667. The molecule has 1 fully saturated rings. The van der Waals surface area contributed by atoms with Gasteiger partial charge in [-0.25, -0.2) is 13.5 Å². The molecule has 0 aliphatic carbocycles. The summed E-state index contributed by atoms with van der Waals surface area (Å²) in [5.41, 5.74) is 0.627. The number of rotatable bonds is 4. The lowest BCUT2D eigenvalue weighted by Crippen LogP contribution is -2.48. The fourth-order valence-corrected chi connectivity index (χ4v) is 4.19. The van der Waals surface area contributed by atoms with Crippen molar-refractivity contribution in [1.29, 1.82) is 0 Å². The highest BCUT2D eigenvalue weighted by molar-refractivity contribution is 5.76. The maximum atomic E-state index is 13.8. The first-order valence-electron chi connectivity index (χ1n) is 10.1. The van der Waals surface area contributed by atoms with E-state index in [-0.39, 0.29) is 23.3 Å². The van der Waals surface area contributed by atoms with Gasteiger partial charge in [-0.2, -0.15) is 5.10 Å². The number of aromatic nitrogens is 2. The van der Waals surface area contributed by atoms with Crippen molar-refractivity contribution in [3.05, 3.63) is 11.8 Å². The summed E-state index contributed by atoms with van der Waals surface area (Å²) in [7, 11) is 0. The Kier molecular flexibility index (Phi) is 5.77. The maximum Gasteiger partial charge on any atom is 0.260 e. The number of halogens is 2. The predicted octanol–water partition coefficient (Wildman–Crippen LogP) is 4.21. The monoisotopic (exact) mass is 382 g/mol. The highest BCUT2D eigenvalue weighted by Crippen LogP contribution is 2.38. The number of fused-ring (bicyclic) bond motifs is 1. The number of nitrogens with one attached hydrogen (secondary N) is 1. The minimum absolute atomic E-state index is 0.0572. The van der Waals surface area contributed by atoms with Gasteiger partial charge in [0, 0.05) is 37.0 Å². The third-order valence-electron chi connectivity index (χ3n) is 5.78. The fourth-order valence-electron chi connectivity index (χ4n) is 4.19. The summed E-state index contributed by atoms with van der Waals surface area (Å²) < 4.78 is 29.1. The average molecular weight is 382 g/mol. The number of hydrogen-bond acceptors (Lipinski definition) is 3. The molecule has 3 heterocycles. The molecule has 1 saturated heterocycles. The summed E-state index contributed by atoms with van der Waals surface area (Å²) in [5.74, 6) is 1.06. The van der Waals surface area contributed by atoms with Crippen LogP contribution >= 0.6 is 0 Å². The van der Waals surface area contributed by atoms with Crippen molar-refractivity contribution in [3.63, 3.8) is 0 Å². The Morgan fingerprint density at radius 1 is 1.41 bits per heavy atom. The molecule has 152 valence electrons. The van der Waals surface area contributed by atoms with Gasteiger partial charge in [-0.15, -0.1) is 0 Å². The Morgan fingerprint density at radius 3 is 2.78 bits per heavy atom. The van der Waals surface area contributed by atoms with E-state index in [0.29, 0.717) is 25.2 Å². The number of alkyl halides is 2. The quantitative estimate of drug-likeness (QED) is 0.849. The highest BCUT2D eigenvalue weighted by Gasteiger charge is 2.39. The first kappa shape index (κ1) is 20.1. The number of amides is 1. The van der Waals surface area contributed by atoms with Crippen LogP contribution in [0.2, 0.25) is 0 Å². The zero-order valence-corrected chi connectivity index (χ0v) is 16.8. The van der Waals surface area contributed by atoms with Crippen molar-refractivity contribution < 1.29 is 13.6 Å². The molecule has 3 rings (SSSR count). The van der Waals surface area contributed by atoms with Gasteiger partial charge < -0.3 is 10.2 Å². The molecule has 5 nitrogen and oxygen atoms in total. The Hall–Kier alpha value is -1.66. The zero-order valence-electron chi connectivity index (χ0n) is 16.8. The molecule has 1 aromatic heterocycles. The Labute approximate surface area is 160 Å². The molecule has 0 aromatic carbocycles. The van der Waals surface area contributed by atoms with Gasteiger partial charge in [-0.1, -0.05) is 27.7 Å². The number of piperidine rings is 1. The molecule has 27 heavy (non-hydrogen) atoms. The van der Waals surface area contributed by atoms with Crippen molar-refractivity contribution in [1.82, 2.24) is 14.7 Å². The lowest BCUT2D eigenvalue weighted by atomic mass is 9.85. The van der Waals surface area contributed by atoms with Crippen molar-refractivity contribution in [3.8, 4) is 0 Å². The van der Waals surface area contributed by atoms with Crippen LogP contribution in [0.3, 0.4) is 0 Å². The van der Waals surface area contributed by atoms with Crippen LogP contribution in [0, 0.1) is 5.92 Å². The molecular formula is C20H32F2N4O. The van der Waals surface area contributed by atoms with Gasteiger partial charge in [-0.05, 0) is 31.6 Å². The largest absolute Gasteiger partial charge is 0.367 e. The van der Waals surface area contributed by atoms with Crippen LogP contribution in [-0.4, -0.2) is 46.1 Å². The third kappa shape index (κ3) is 4.27. The van der Waals surface area contributed by atoms with Crippen molar-refractivity contribution in [2.75, 3.05) is 18.4 Å². The lowest BCUT2D eigenvalue weighted by molar-refractivity contribution is -0.133. The predicted molar refractivity (Wildman–Crippen MR) is 102 cm³/mol. The highest BCUT2D eigenvalue weighted by atomic mass is 19.3. The maximum absolute atomic E-state index is 13.8. The number of carbonyl (C=O) groups is 1. The topological polar surface area (TPSA) is 50.2 Å². The van der Waals surface area contributed by atoms with Gasteiger partial charge in [-0.3, -0.25) is 4.79 Å². The summed E-state index contributed by atoms with van der Waals surface area (Å²) in [5, 5.41) is 7.95. The van der Waals surface area contributed by atoms with E-state index in [2.05, 4.69) is 10.4 Å². The Balaban J connectivity index is 1.80. The molecule has 0 spiro atoms. The van der Waals surface area contributed by atoms with E-state index in [9.17, 15) is 13.6 Å². The van der Waals surface area contributed by atoms with E-state index < -0.39 is 12.5 Å². The van der Waals surface area contributed by atoms with Crippen LogP contribution in [0.1, 0.15) is 71.5 Å². The number of hydrogen-bond donors (Lipinski definition) is 1. The zero-order chi connectivity index (χ0) is 19.8. The molecule has 7 heteroatoms. The van der Waals surface area contributed by atoms with E-state index in [1.165, 1.54) is 4.68 Å². The molecule has 0 radical (unpaired) electrons. The van der Waals surface area contributed by atoms with E-state index in [1.54, 1.807) is 0 Å². The standard InChI is InChI=1S/C20H32F2N4O/c1-5-7-18(27)25-9-6-8-13(12-25)14-10-15(19(21)22)26-17(23-14)11-16(24-26)20(2,3)4/h11,13-15,19,23H,5-10,12H2,1-4H3/t13?,14-,15+/m0/s1. The van der Waals surface area contributed by atoms with E-state index >= 15 is 0 Å². The van der Waals surface area contributed by atoms with Crippen LogP contribution in [0.25, 0.3) is 0 Å². The number of nitrogens with zero attached hydrogens (tertiary/aromatic N) is 3. The fraction of sp³-hybridized carbons (Fsp3) is 0.800. The number of likely N-dealkylation sites (tertiary alicyclic amines) is 1. The average Bonchev–Trinajstić information content (AvgIpc) is 3.05. The second-order valence-electron chi connectivity index (χ2n) is 8.99. The van der Waals surface area contributed by atoms with Crippen LogP contribution in [0.15, 0.2) is 6.07 Å². The summed E-state index contributed by atoms with van der Waals surface area (Å²) in [6, 6.07) is 0.937. The van der Waals surface area contributed by atoms with E-state index in [0.717, 1.165) is 31.5 Å². The van der Waals surface area contributed by atoms with Gasteiger partial charge in [0.1, 0.15) is 11.9 Å². The van der Waals surface area contributed by atoms with Crippen LogP contribution in [0.5, 0.6) is 0 Å². The summed E-state index contributed by atoms with van der Waals surface area (Å²) in [4.78, 5) is 14.2. The van der Waals surface area contributed by atoms with Gasteiger partial charge in [0.15, 0.2) is 0 Å². The van der Waals surface area contributed by atoms with Crippen molar-refractivity contribution in [2.45, 2.75) is 83.7 Å². The molecule has 1 amide bonds. The normalized spacial score (nSPS) is 26.0. The molecule has 2 aliphatic heterocycles. The number of anilines is 1. The molecule has 1 aromatic rings. The van der Waals surface area contributed by atoms with Crippen LogP contribution < -0.4 is 5.32 Å². The van der Waals surface area contributed by atoms with E-state index in [1.807, 2.05) is 38.7 Å². The van der Waals surface area contributed by atoms with Crippen LogP contribution in [0.4, 0.5) is 14.6 Å².